The van der Waals surface area contributed by atoms with Crippen molar-refractivity contribution < 1.29 is 9.53 Å². The number of ether oxygens (including phenoxy) is 1. The lowest BCUT2D eigenvalue weighted by Gasteiger charge is -2.13. The van der Waals surface area contributed by atoms with Crippen LogP contribution in [0.4, 0.5) is 0 Å². The van der Waals surface area contributed by atoms with Crippen LogP contribution in [0.15, 0.2) is 52.4 Å². The average molecular weight is 488 g/mol. The number of carbonyl (C=O) groups is 1. The predicted octanol–water partition coefficient (Wildman–Crippen LogP) is 4.66. The second-order valence-electron chi connectivity index (χ2n) is 8.14. The lowest BCUT2D eigenvalue weighted by molar-refractivity contribution is -0.118. The van der Waals surface area contributed by atoms with E-state index < -0.39 is 0 Å². The number of halogens is 1. The first-order valence-electron chi connectivity index (χ1n) is 11.1. The number of benzene rings is 2. The summed E-state index contributed by atoms with van der Waals surface area (Å²) in [7, 11) is 1.63. The highest BCUT2D eigenvalue weighted by atomic mass is 35.5. The van der Waals surface area contributed by atoms with E-state index >= 15 is 0 Å². The highest BCUT2D eigenvalue weighted by molar-refractivity contribution is 7.99. The third-order valence-corrected chi connectivity index (χ3v) is 6.54. The van der Waals surface area contributed by atoms with E-state index in [9.17, 15) is 9.59 Å². The van der Waals surface area contributed by atoms with Crippen LogP contribution in [0.25, 0.3) is 10.9 Å². The maximum Gasteiger partial charge on any atom is 0.262 e. The van der Waals surface area contributed by atoms with Gasteiger partial charge in [0.05, 0.1) is 16.7 Å². The highest BCUT2D eigenvalue weighted by Gasteiger charge is 2.14. The van der Waals surface area contributed by atoms with Crippen LogP contribution < -0.4 is 10.9 Å². The van der Waals surface area contributed by atoms with Gasteiger partial charge in [-0.2, -0.15) is 0 Å². The lowest BCUT2D eigenvalue weighted by atomic mass is 10.0. The Morgan fingerprint density at radius 1 is 1.21 bits per heavy atom. The number of amides is 1. The van der Waals surface area contributed by atoms with Crippen molar-refractivity contribution in [2.24, 2.45) is 0 Å². The first-order valence-corrected chi connectivity index (χ1v) is 12.4. The van der Waals surface area contributed by atoms with Gasteiger partial charge in [0.1, 0.15) is 0 Å². The van der Waals surface area contributed by atoms with Crippen molar-refractivity contribution in [1.82, 2.24) is 14.9 Å². The van der Waals surface area contributed by atoms with E-state index in [2.05, 4.69) is 48.4 Å². The van der Waals surface area contributed by atoms with Gasteiger partial charge in [-0.25, -0.2) is 4.98 Å². The van der Waals surface area contributed by atoms with Gasteiger partial charge in [0.15, 0.2) is 5.16 Å². The maximum atomic E-state index is 13.0. The van der Waals surface area contributed by atoms with Crippen molar-refractivity contribution in [1.29, 1.82) is 0 Å². The molecule has 0 unspecified atom stereocenters. The summed E-state index contributed by atoms with van der Waals surface area (Å²) >= 11 is 7.34. The molecule has 8 heteroatoms. The van der Waals surface area contributed by atoms with Gasteiger partial charge < -0.3 is 10.1 Å². The largest absolute Gasteiger partial charge is 0.385 e. The number of nitrogens with one attached hydrogen (secondary N) is 1. The zero-order valence-electron chi connectivity index (χ0n) is 19.3. The van der Waals surface area contributed by atoms with Gasteiger partial charge in [-0.05, 0) is 48.1 Å². The van der Waals surface area contributed by atoms with Crippen LogP contribution in [-0.4, -0.2) is 41.5 Å². The molecule has 0 aliphatic heterocycles. The average Bonchev–Trinajstić information content (AvgIpc) is 2.79. The zero-order chi connectivity index (χ0) is 23.8. The van der Waals surface area contributed by atoms with Gasteiger partial charge in [0, 0.05) is 31.8 Å². The molecule has 0 aliphatic carbocycles. The highest BCUT2D eigenvalue weighted by Crippen LogP contribution is 2.21. The summed E-state index contributed by atoms with van der Waals surface area (Å²) in [5.74, 6) is 0.583. The molecule has 0 aliphatic rings. The second-order valence-corrected chi connectivity index (χ2v) is 9.52. The lowest BCUT2D eigenvalue weighted by Crippen LogP contribution is -2.28. The van der Waals surface area contributed by atoms with Crippen LogP contribution in [0.2, 0.25) is 5.02 Å². The molecule has 0 atom stereocenters. The Kier molecular flexibility index (Phi) is 9.35. The summed E-state index contributed by atoms with van der Waals surface area (Å²) in [4.78, 5) is 30.1. The Morgan fingerprint density at radius 3 is 2.67 bits per heavy atom. The van der Waals surface area contributed by atoms with E-state index in [4.69, 9.17) is 16.3 Å². The molecule has 3 aromatic rings. The van der Waals surface area contributed by atoms with Crippen LogP contribution in [0.3, 0.4) is 0 Å². The van der Waals surface area contributed by atoms with E-state index in [1.807, 2.05) is 0 Å². The van der Waals surface area contributed by atoms with Crippen LogP contribution in [0.5, 0.6) is 0 Å². The molecule has 3 rings (SSSR count). The summed E-state index contributed by atoms with van der Waals surface area (Å²) in [6.45, 7) is 5.90. The third-order valence-electron chi connectivity index (χ3n) is 5.33. The summed E-state index contributed by atoms with van der Waals surface area (Å²) in [5.41, 5.74) is 2.89. The Balaban J connectivity index is 1.63. The van der Waals surface area contributed by atoms with E-state index in [0.717, 1.165) is 6.42 Å². The first kappa shape index (κ1) is 25.3. The second kappa shape index (κ2) is 12.2. The molecule has 0 saturated heterocycles. The van der Waals surface area contributed by atoms with Crippen LogP contribution in [0.1, 0.15) is 37.3 Å². The Morgan fingerprint density at radius 2 is 1.97 bits per heavy atom. The van der Waals surface area contributed by atoms with Gasteiger partial charge in [-0.15, -0.1) is 0 Å². The molecule has 33 heavy (non-hydrogen) atoms. The number of rotatable bonds is 11. The zero-order valence-corrected chi connectivity index (χ0v) is 20.8. The van der Waals surface area contributed by atoms with Crippen molar-refractivity contribution in [2.45, 2.75) is 44.3 Å². The monoisotopic (exact) mass is 487 g/mol. The van der Waals surface area contributed by atoms with E-state index in [-0.39, 0.29) is 17.2 Å². The van der Waals surface area contributed by atoms with Crippen LogP contribution in [0, 0.1) is 0 Å². The van der Waals surface area contributed by atoms with Crippen molar-refractivity contribution in [2.75, 3.05) is 26.0 Å². The minimum Gasteiger partial charge on any atom is -0.385 e. The Bertz CT molecular complexity index is 1150. The molecular weight excluding hydrogens is 458 g/mol. The normalized spacial score (nSPS) is 11.3. The quantitative estimate of drug-likeness (QED) is 0.242. The minimum absolute atomic E-state index is 0.0947. The molecule has 1 heterocycles. The molecular formula is C25H30ClN3O3S. The molecule has 1 aromatic heterocycles. The summed E-state index contributed by atoms with van der Waals surface area (Å²) in [6, 6.07) is 13.5. The molecule has 1 amide bonds. The number of fused-ring (bicyclic) bond motifs is 1. The van der Waals surface area contributed by atoms with Gasteiger partial charge in [0.25, 0.3) is 5.56 Å². The van der Waals surface area contributed by atoms with E-state index in [1.54, 1.807) is 29.9 Å². The van der Waals surface area contributed by atoms with Gasteiger partial charge in [-0.1, -0.05) is 61.5 Å². The molecule has 2 aromatic carbocycles. The van der Waals surface area contributed by atoms with Crippen LogP contribution >= 0.6 is 23.4 Å². The van der Waals surface area contributed by atoms with Crippen molar-refractivity contribution >= 4 is 40.2 Å². The Hall–Kier alpha value is -2.35. The van der Waals surface area contributed by atoms with Gasteiger partial charge in [0.2, 0.25) is 5.91 Å². The first-order chi connectivity index (χ1) is 15.9. The SMILES string of the molecule is COCCCn1c(SCC(=O)NCCc2ccc(C(C)C)cc2)nc2cc(Cl)ccc2c1=O. The third kappa shape index (κ3) is 7.06. The fourth-order valence-electron chi connectivity index (χ4n) is 3.44. The number of aromatic nitrogens is 2. The summed E-state index contributed by atoms with van der Waals surface area (Å²) in [6.07, 6.45) is 1.44. The molecule has 0 fully saturated rings. The number of carbonyl (C=O) groups excluding carboxylic acids is 1. The fraction of sp³-hybridized carbons (Fsp3) is 0.400. The molecule has 0 radical (unpaired) electrons. The van der Waals surface area contributed by atoms with Crippen molar-refractivity contribution in [3.63, 3.8) is 0 Å². The fourth-order valence-corrected chi connectivity index (χ4v) is 4.47. The summed E-state index contributed by atoms with van der Waals surface area (Å²) in [5, 5.41) is 4.48. The number of nitrogens with zero attached hydrogens (tertiary/aromatic N) is 2. The number of thioether (sulfide) groups is 1. The van der Waals surface area contributed by atoms with Crippen molar-refractivity contribution in [3.8, 4) is 0 Å². The number of methoxy groups -OCH3 is 1. The Labute approximate surface area is 203 Å². The minimum atomic E-state index is -0.138. The summed E-state index contributed by atoms with van der Waals surface area (Å²) < 4.78 is 6.73. The maximum absolute atomic E-state index is 13.0. The standard InChI is InChI=1S/C25H30ClN3O3S/c1-17(2)19-7-5-18(6-8-19)11-12-27-23(30)16-33-25-28-22-15-20(26)9-10-21(22)24(31)29(25)13-4-14-32-3/h5-10,15,17H,4,11-14,16H2,1-3H3,(H,27,30). The molecule has 1 N–H and O–H groups in total. The molecule has 0 spiro atoms. The number of hydrogen-bond donors (Lipinski definition) is 1. The smallest absolute Gasteiger partial charge is 0.262 e. The molecule has 6 nitrogen and oxygen atoms in total. The van der Waals surface area contributed by atoms with E-state index in [1.165, 1.54) is 22.9 Å². The van der Waals surface area contributed by atoms with E-state index in [0.29, 0.717) is 53.1 Å². The molecule has 0 bridgehead atoms. The topological polar surface area (TPSA) is 73.2 Å². The van der Waals surface area contributed by atoms with Gasteiger partial charge in [-0.3, -0.25) is 14.2 Å². The van der Waals surface area contributed by atoms with Crippen LogP contribution in [-0.2, 0) is 22.5 Å². The molecule has 176 valence electrons. The molecule has 0 saturated carbocycles. The predicted molar refractivity (Wildman–Crippen MR) is 135 cm³/mol. The number of hydrogen-bond acceptors (Lipinski definition) is 5. The van der Waals surface area contributed by atoms with Gasteiger partial charge >= 0.3 is 0 Å². The van der Waals surface area contributed by atoms with Crippen molar-refractivity contribution in [3.05, 3.63) is 69.0 Å².